The van der Waals surface area contributed by atoms with Gasteiger partial charge in [-0.1, -0.05) is 6.08 Å². The molecule has 0 amide bonds. The first kappa shape index (κ1) is 18.6. The average molecular weight is 288 g/mol. The molecule has 0 unspecified atom stereocenters. The Labute approximate surface area is 119 Å². The molecule has 0 radical (unpaired) electrons. The Bertz CT molecular complexity index is 331. The van der Waals surface area contributed by atoms with Crippen molar-refractivity contribution in [3.8, 4) is 0 Å². The van der Waals surface area contributed by atoms with Crippen LogP contribution in [0.15, 0.2) is 12.7 Å². The number of aliphatic hydroxyl groups is 1. The third kappa shape index (κ3) is 8.66. The Hall–Kier alpha value is -1.40. The van der Waals surface area contributed by atoms with Crippen LogP contribution in [0.25, 0.3) is 0 Å². The van der Waals surface area contributed by atoms with E-state index in [4.69, 9.17) is 14.2 Å². The fourth-order valence-corrected chi connectivity index (χ4v) is 1.31. The van der Waals surface area contributed by atoms with Gasteiger partial charge in [-0.05, 0) is 20.8 Å². The Morgan fingerprint density at radius 1 is 1.30 bits per heavy atom. The molecule has 6 nitrogen and oxygen atoms in total. The van der Waals surface area contributed by atoms with Crippen molar-refractivity contribution in [2.45, 2.75) is 39.4 Å². The van der Waals surface area contributed by atoms with Crippen molar-refractivity contribution >= 4 is 11.9 Å². The minimum atomic E-state index is -1.18. The minimum Gasteiger partial charge on any atom is -0.463 e. The Morgan fingerprint density at radius 3 is 2.35 bits per heavy atom. The molecule has 0 fully saturated rings. The maximum atomic E-state index is 12.0. The minimum absolute atomic E-state index is 0.0383. The summed E-state index contributed by atoms with van der Waals surface area (Å²) in [5, 5.41) is 9.94. The lowest BCUT2D eigenvalue weighted by molar-refractivity contribution is -0.170. The highest BCUT2D eigenvalue weighted by molar-refractivity contribution is 5.74. The first-order valence-corrected chi connectivity index (χ1v) is 6.40. The van der Waals surface area contributed by atoms with E-state index in [2.05, 4.69) is 6.58 Å². The average Bonchev–Trinajstić information content (AvgIpc) is 2.29. The molecule has 1 N–H and O–H groups in total. The van der Waals surface area contributed by atoms with Crippen molar-refractivity contribution in [2.75, 3.05) is 19.8 Å². The van der Waals surface area contributed by atoms with Crippen molar-refractivity contribution < 1.29 is 28.9 Å². The summed E-state index contributed by atoms with van der Waals surface area (Å²) in [6, 6.07) is 0. The molecule has 0 saturated heterocycles. The van der Waals surface area contributed by atoms with Gasteiger partial charge in [0.15, 0.2) is 0 Å². The highest BCUT2D eigenvalue weighted by atomic mass is 16.6. The summed E-state index contributed by atoms with van der Waals surface area (Å²) in [7, 11) is 0. The van der Waals surface area contributed by atoms with E-state index in [-0.39, 0.29) is 19.8 Å². The van der Waals surface area contributed by atoms with Crippen LogP contribution in [-0.4, -0.2) is 48.6 Å². The second-order valence-corrected chi connectivity index (χ2v) is 5.34. The Kier molecular flexibility index (Phi) is 8.10. The summed E-state index contributed by atoms with van der Waals surface area (Å²) in [5.74, 6) is -2.05. The van der Waals surface area contributed by atoms with Crippen molar-refractivity contribution in [1.29, 1.82) is 0 Å². The highest BCUT2D eigenvalue weighted by Crippen LogP contribution is 2.15. The van der Waals surface area contributed by atoms with Gasteiger partial charge >= 0.3 is 11.9 Å². The normalized spacial score (nSPS) is 14.2. The van der Waals surface area contributed by atoms with E-state index in [0.29, 0.717) is 0 Å². The standard InChI is InChI=1S/C14H24O6/c1-6-7-18-8-11(12(16)9-19-10(2)15)13(17)20-14(3,4)5/h6,11-12,16H,1,7-9H2,2-5H3/t11-,12+/m0/s1. The van der Waals surface area contributed by atoms with Gasteiger partial charge in [0.2, 0.25) is 0 Å². The first-order chi connectivity index (χ1) is 9.17. The predicted octanol–water partition coefficient (Wildman–Crippen LogP) is 1.07. The zero-order valence-electron chi connectivity index (χ0n) is 12.5. The lowest BCUT2D eigenvalue weighted by Gasteiger charge is -2.26. The topological polar surface area (TPSA) is 82.1 Å². The van der Waals surface area contributed by atoms with Gasteiger partial charge in [0.1, 0.15) is 24.2 Å². The molecule has 0 aromatic carbocycles. The van der Waals surface area contributed by atoms with E-state index in [1.165, 1.54) is 13.0 Å². The summed E-state index contributed by atoms with van der Waals surface area (Å²) in [4.78, 5) is 22.7. The lowest BCUT2D eigenvalue weighted by atomic mass is 10.0. The van der Waals surface area contributed by atoms with Crippen LogP contribution in [-0.2, 0) is 23.8 Å². The molecule has 0 aliphatic heterocycles. The van der Waals surface area contributed by atoms with Gasteiger partial charge < -0.3 is 19.3 Å². The van der Waals surface area contributed by atoms with Gasteiger partial charge in [0.05, 0.1) is 13.2 Å². The van der Waals surface area contributed by atoms with Crippen LogP contribution in [0.3, 0.4) is 0 Å². The quantitative estimate of drug-likeness (QED) is 0.409. The molecular weight excluding hydrogens is 264 g/mol. The number of ether oxygens (including phenoxy) is 3. The van der Waals surface area contributed by atoms with Crippen molar-refractivity contribution in [3.63, 3.8) is 0 Å². The van der Waals surface area contributed by atoms with Gasteiger partial charge in [0, 0.05) is 6.92 Å². The number of aliphatic hydroxyl groups excluding tert-OH is 1. The molecule has 0 bridgehead atoms. The fourth-order valence-electron chi connectivity index (χ4n) is 1.31. The largest absolute Gasteiger partial charge is 0.463 e. The second-order valence-electron chi connectivity index (χ2n) is 5.34. The van der Waals surface area contributed by atoms with E-state index < -0.39 is 29.6 Å². The first-order valence-electron chi connectivity index (χ1n) is 6.40. The fraction of sp³-hybridized carbons (Fsp3) is 0.714. The Balaban J connectivity index is 4.64. The maximum Gasteiger partial charge on any atom is 0.314 e. The van der Waals surface area contributed by atoms with Gasteiger partial charge in [0.25, 0.3) is 0 Å². The van der Waals surface area contributed by atoms with E-state index in [1.807, 2.05) is 0 Å². The number of hydrogen-bond donors (Lipinski definition) is 1. The van der Waals surface area contributed by atoms with E-state index >= 15 is 0 Å². The van der Waals surface area contributed by atoms with Gasteiger partial charge in [-0.15, -0.1) is 6.58 Å². The zero-order valence-corrected chi connectivity index (χ0v) is 12.5. The summed E-state index contributed by atoms with van der Waals surface area (Å²) in [6.45, 7) is 9.83. The van der Waals surface area contributed by atoms with Crippen LogP contribution in [0.2, 0.25) is 0 Å². The SMILES string of the molecule is C=CCOC[C@H](C(=O)OC(C)(C)C)[C@H](O)COC(C)=O. The molecule has 116 valence electrons. The summed E-state index contributed by atoms with van der Waals surface area (Å²) in [5.41, 5.74) is -0.672. The molecule has 0 aromatic rings. The monoisotopic (exact) mass is 288 g/mol. The molecule has 0 aliphatic carbocycles. The smallest absolute Gasteiger partial charge is 0.314 e. The van der Waals surface area contributed by atoms with Gasteiger partial charge in [-0.3, -0.25) is 9.59 Å². The molecule has 6 heteroatoms. The molecule has 0 aliphatic rings. The lowest BCUT2D eigenvalue weighted by Crippen LogP contribution is -2.40. The van der Waals surface area contributed by atoms with Crippen LogP contribution in [0.5, 0.6) is 0 Å². The van der Waals surface area contributed by atoms with Crippen LogP contribution in [0.1, 0.15) is 27.7 Å². The van der Waals surface area contributed by atoms with Gasteiger partial charge in [-0.2, -0.15) is 0 Å². The number of carbonyl (C=O) groups is 2. The predicted molar refractivity (Wildman–Crippen MR) is 73.0 cm³/mol. The molecule has 0 aromatic heterocycles. The second kappa shape index (κ2) is 8.71. The Morgan fingerprint density at radius 2 is 1.90 bits per heavy atom. The molecule has 2 atom stereocenters. The zero-order chi connectivity index (χ0) is 15.8. The molecule has 0 rings (SSSR count). The van der Waals surface area contributed by atoms with Crippen LogP contribution in [0.4, 0.5) is 0 Å². The molecular formula is C14H24O6. The third-order valence-corrected chi connectivity index (χ3v) is 2.16. The highest BCUT2D eigenvalue weighted by Gasteiger charge is 2.32. The molecule has 0 heterocycles. The number of rotatable bonds is 8. The van der Waals surface area contributed by atoms with E-state index in [0.717, 1.165) is 0 Å². The van der Waals surface area contributed by atoms with Crippen LogP contribution in [0, 0.1) is 5.92 Å². The summed E-state index contributed by atoms with van der Waals surface area (Å²) < 4.78 is 15.1. The van der Waals surface area contributed by atoms with Crippen molar-refractivity contribution in [1.82, 2.24) is 0 Å². The summed E-state index contributed by atoms with van der Waals surface area (Å²) in [6.07, 6.45) is 0.350. The van der Waals surface area contributed by atoms with E-state index in [9.17, 15) is 14.7 Å². The number of hydrogen-bond acceptors (Lipinski definition) is 6. The van der Waals surface area contributed by atoms with Gasteiger partial charge in [-0.25, -0.2) is 0 Å². The molecule has 0 saturated carbocycles. The van der Waals surface area contributed by atoms with Crippen LogP contribution >= 0.6 is 0 Å². The third-order valence-electron chi connectivity index (χ3n) is 2.16. The number of carbonyl (C=O) groups excluding carboxylic acids is 2. The van der Waals surface area contributed by atoms with Crippen LogP contribution < -0.4 is 0 Å². The molecule has 20 heavy (non-hydrogen) atoms. The molecule has 0 spiro atoms. The van der Waals surface area contributed by atoms with Crippen molar-refractivity contribution in [3.05, 3.63) is 12.7 Å². The van der Waals surface area contributed by atoms with Crippen molar-refractivity contribution in [2.24, 2.45) is 5.92 Å². The summed E-state index contributed by atoms with van der Waals surface area (Å²) >= 11 is 0. The number of esters is 2. The maximum absolute atomic E-state index is 12.0. The van der Waals surface area contributed by atoms with E-state index in [1.54, 1.807) is 20.8 Å².